The number of nitriles is 1. The molecular weight excluding hydrogens is 318 g/mol. The average Bonchev–Trinajstić information content (AvgIpc) is 2.99. The highest BCUT2D eigenvalue weighted by Crippen LogP contribution is 2.21. The topological polar surface area (TPSA) is 106 Å². The van der Waals surface area contributed by atoms with E-state index in [4.69, 9.17) is 14.5 Å². The molecule has 0 bridgehead atoms. The van der Waals surface area contributed by atoms with Crippen molar-refractivity contribution in [2.75, 3.05) is 12.9 Å². The largest absolute Gasteiger partial charge is 0.497 e. The predicted octanol–water partition coefficient (Wildman–Crippen LogP) is 2.35. The van der Waals surface area contributed by atoms with Crippen molar-refractivity contribution in [2.45, 2.75) is 25.0 Å². The lowest BCUT2D eigenvalue weighted by atomic mass is 10.2. The van der Waals surface area contributed by atoms with Crippen molar-refractivity contribution in [3.8, 4) is 23.2 Å². The summed E-state index contributed by atoms with van der Waals surface area (Å²) >= 11 is 0. The quantitative estimate of drug-likeness (QED) is 0.682. The van der Waals surface area contributed by atoms with Crippen molar-refractivity contribution >= 4 is 9.84 Å². The molecule has 0 unspecified atom stereocenters. The third-order valence-corrected chi connectivity index (χ3v) is 4.73. The van der Waals surface area contributed by atoms with Gasteiger partial charge in [0.25, 0.3) is 0 Å². The van der Waals surface area contributed by atoms with Crippen LogP contribution in [0.25, 0.3) is 11.4 Å². The first-order valence-corrected chi connectivity index (χ1v) is 8.90. The molecule has 0 aliphatic carbocycles. The Bertz CT molecular complexity index is 793. The fourth-order valence-electron chi connectivity index (χ4n) is 1.98. The molecule has 0 saturated heterocycles. The van der Waals surface area contributed by atoms with Crippen molar-refractivity contribution in [1.29, 1.82) is 5.26 Å². The zero-order valence-corrected chi connectivity index (χ0v) is 13.5. The molecule has 1 aromatic heterocycles. The highest BCUT2D eigenvalue weighted by atomic mass is 32.2. The molecule has 0 radical (unpaired) electrons. The normalized spacial score (nSPS) is 11.1. The summed E-state index contributed by atoms with van der Waals surface area (Å²) in [5.74, 6) is 0.739. The van der Waals surface area contributed by atoms with E-state index in [2.05, 4.69) is 10.1 Å². The fourth-order valence-corrected chi connectivity index (χ4v) is 3.26. The lowest BCUT2D eigenvalue weighted by Crippen LogP contribution is -2.09. The van der Waals surface area contributed by atoms with Crippen molar-refractivity contribution < 1.29 is 17.7 Å². The number of aromatic nitrogens is 2. The first-order chi connectivity index (χ1) is 11.0. The van der Waals surface area contributed by atoms with Gasteiger partial charge in [0.05, 0.1) is 18.9 Å². The Balaban J connectivity index is 2.03. The molecule has 0 aliphatic rings. The van der Waals surface area contributed by atoms with Crippen LogP contribution < -0.4 is 4.74 Å². The van der Waals surface area contributed by atoms with Gasteiger partial charge in [0.15, 0.2) is 9.84 Å². The van der Waals surface area contributed by atoms with Crippen molar-refractivity contribution in [3.63, 3.8) is 0 Å². The van der Waals surface area contributed by atoms with Crippen LogP contribution in [0.1, 0.15) is 25.2 Å². The van der Waals surface area contributed by atoms with Crippen LogP contribution >= 0.6 is 0 Å². The van der Waals surface area contributed by atoms with Gasteiger partial charge in [-0.2, -0.15) is 10.2 Å². The van der Waals surface area contributed by atoms with Crippen LogP contribution in [0, 0.1) is 11.3 Å². The number of sulfone groups is 1. The number of unbranched alkanes of at least 4 members (excludes halogenated alkanes) is 2. The van der Waals surface area contributed by atoms with Gasteiger partial charge in [0.2, 0.25) is 11.7 Å². The summed E-state index contributed by atoms with van der Waals surface area (Å²) in [6.45, 7) is 0. The lowest BCUT2D eigenvalue weighted by Gasteiger charge is -2.00. The van der Waals surface area contributed by atoms with Crippen molar-refractivity contribution in [2.24, 2.45) is 0 Å². The Morgan fingerprint density at radius 3 is 2.91 bits per heavy atom. The van der Waals surface area contributed by atoms with E-state index in [1.165, 1.54) is 0 Å². The molecule has 0 aliphatic heterocycles. The number of rotatable bonds is 8. The third-order valence-electron chi connectivity index (χ3n) is 3.13. The lowest BCUT2D eigenvalue weighted by molar-refractivity contribution is 0.389. The minimum atomic E-state index is -3.33. The molecule has 0 atom stereocenters. The fraction of sp³-hybridized carbons (Fsp3) is 0.400. The molecule has 0 fully saturated rings. The minimum absolute atomic E-state index is 0.00551. The van der Waals surface area contributed by atoms with E-state index in [0.717, 1.165) is 0 Å². The van der Waals surface area contributed by atoms with Gasteiger partial charge in [0.1, 0.15) is 11.5 Å². The molecule has 2 aromatic rings. The third kappa shape index (κ3) is 5.07. The average molecular weight is 335 g/mol. The minimum Gasteiger partial charge on any atom is -0.497 e. The molecular formula is C15H17N3O4S. The maximum Gasteiger partial charge on any atom is 0.242 e. The summed E-state index contributed by atoms with van der Waals surface area (Å²) in [6.07, 6.45) is 1.37. The zero-order valence-electron chi connectivity index (χ0n) is 12.7. The number of hydrogen-bond donors (Lipinski definition) is 0. The van der Waals surface area contributed by atoms with Gasteiger partial charge in [-0.1, -0.05) is 17.3 Å². The van der Waals surface area contributed by atoms with Gasteiger partial charge in [0, 0.05) is 12.0 Å². The second-order valence-corrected chi connectivity index (χ2v) is 7.13. The molecule has 2 rings (SSSR count). The smallest absolute Gasteiger partial charge is 0.242 e. The van der Waals surface area contributed by atoms with Crippen molar-refractivity contribution in [1.82, 2.24) is 10.1 Å². The molecule has 1 heterocycles. The molecule has 0 saturated carbocycles. The number of ether oxygens (including phenoxy) is 1. The van der Waals surface area contributed by atoms with E-state index in [0.29, 0.717) is 36.4 Å². The first-order valence-electron chi connectivity index (χ1n) is 7.08. The molecule has 0 N–H and O–H groups in total. The zero-order chi connectivity index (χ0) is 16.7. The van der Waals surface area contributed by atoms with Crippen LogP contribution in [-0.4, -0.2) is 31.4 Å². The van der Waals surface area contributed by atoms with E-state index in [9.17, 15) is 8.42 Å². The van der Waals surface area contributed by atoms with Crippen LogP contribution in [0.4, 0.5) is 0 Å². The van der Waals surface area contributed by atoms with E-state index in [-0.39, 0.29) is 17.4 Å². The summed E-state index contributed by atoms with van der Waals surface area (Å²) in [4.78, 5) is 4.12. The highest BCUT2D eigenvalue weighted by molar-refractivity contribution is 7.90. The Kier molecular flexibility index (Phi) is 5.71. The Morgan fingerprint density at radius 2 is 2.17 bits per heavy atom. The van der Waals surface area contributed by atoms with E-state index in [1.807, 2.05) is 6.07 Å². The summed E-state index contributed by atoms with van der Waals surface area (Å²) in [5.41, 5.74) is 0.686. The van der Waals surface area contributed by atoms with Gasteiger partial charge in [-0.25, -0.2) is 8.42 Å². The van der Waals surface area contributed by atoms with Gasteiger partial charge < -0.3 is 9.26 Å². The van der Waals surface area contributed by atoms with E-state index >= 15 is 0 Å². The SMILES string of the molecule is COc1cccc(-c2noc(CS(=O)(=O)CCCCC#N)n2)c1. The Labute approximate surface area is 134 Å². The second kappa shape index (κ2) is 7.74. The molecule has 8 heteroatoms. The molecule has 0 spiro atoms. The number of nitrogens with zero attached hydrogens (tertiary/aromatic N) is 3. The first kappa shape index (κ1) is 17.0. The molecule has 122 valence electrons. The molecule has 23 heavy (non-hydrogen) atoms. The maximum absolute atomic E-state index is 12.0. The maximum atomic E-state index is 12.0. The summed E-state index contributed by atoms with van der Waals surface area (Å²) in [6, 6.07) is 9.09. The van der Waals surface area contributed by atoms with Crippen LogP contribution in [0.15, 0.2) is 28.8 Å². The molecule has 7 nitrogen and oxygen atoms in total. The summed E-state index contributed by atoms with van der Waals surface area (Å²) in [5, 5.41) is 12.2. The van der Waals surface area contributed by atoms with Crippen LogP contribution in [0.2, 0.25) is 0 Å². The van der Waals surface area contributed by atoms with Gasteiger partial charge in [-0.3, -0.25) is 0 Å². The van der Waals surface area contributed by atoms with Crippen LogP contribution in [-0.2, 0) is 15.6 Å². The predicted molar refractivity (Wildman–Crippen MR) is 83.2 cm³/mol. The van der Waals surface area contributed by atoms with E-state index in [1.54, 1.807) is 31.4 Å². The monoisotopic (exact) mass is 335 g/mol. The van der Waals surface area contributed by atoms with Gasteiger partial charge in [-0.15, -0.1) is 0 Å². The second-order valence-electron chi connectivity index (χ2n) is 4.95. The standard InChI is InChI=1S/C15H17N3O4S/c1-21-13-7-5-6-12(10-13)15-17-14(22-18-15)11-23(19,20)9-4-2-3-8-16/h5-7,10H,2-4,9,11H2,1H3. The molecule has 1 aromatic carbocycles. The molecule has 0 amide bonds. The number of benzene rings is 1. The van der Waals surface area contributed by atoms with E-state index < -0.39 is 9.84 Å². The van der Waals surface area contributed by atoms with Gasteiger partial charge in [-0.05, 0) is 25.0 Å². The summed E-state index contributed by atoms with van der Waals surface area (Å²) in [7, 11) is -1.77. The Morgan fingerprint density at radius 1 is 1.35 bits per heavy atom. The van der Waals surface area contributed by atoms with Crippen molar-refractivity contribution in [3.05, 3.63) is 30.2 Å². The number of hydrogen-bond acceptors (Lipinski definition) is 7. The Hall–Kier alpha value is -2.40. The van der Waals surface area contributed by atoms with Crippen LogP contribution in [0.5, 0.6) is 5.75 Å². The highest BCUT2D eigenvalue weighted by Gasteiger charge is 2.18. The number of methoxy groups -OCH3 is 1. The summed E-state index contributed by atoms with van der Waals surface area (Å²) < 4.78 is 34.1. The van der Waals surface area contributed by atoms with Crippen LogP contribution in [0.3, 0.4) is 0 Å². The van der Waals surface area contributed by atoms with Gasteiger partial charge >= 0.3 is 0 Å².